The van der Waals surface area contributed by atoms with Crippen LogP contribution < -0.4 is 0 Å². The molecule has 7 heteroatoms. The number of aromatic nitrogens is 5. The van der Waals surface area contributed by atoms with Crippen LogP contribution in [0, 0.1) is 13.8 Å². The summed E-state index contributed by atoms with van der Waals surface area (Å²) in [5, 5.41) is 4.30. The number of aromatic amines is 1. The molecular weight excluding hydrogens is 294 g/mol. The van der Waals surface area contributed by atoms with Gasteiger partial charge in [0.2, 0.25) is 0 Å². The highest BCUT2D eigenvalue weighted by Gasteiger charge is 2.22. The average Bonchev–Trinajstić information content (AvgIpc) is 3.15. The number of esters is 1. The Labute approximate surface area is 133 Å². The van der Waals surface area contributed by atoms with Crippen molar-refractivity contribution in [2.75, 3.05) is 6.61 Å². The largest absolute Gasteiger partial charge is 0.462 e. The molecule has 118 valence electrons. The van der Waals surface area contributed by atoms with Gasteiger partial charge in [-0.3, -0.25) is 0 Å². The summed E-state index contributed by atoms with van der Waals surface area (Å²) >= 11 is 0. The van der Waals surface area contributed by atoms with Crippen LogP contribution in [0.4, 0.5) is 0 Å². The highest BCUT2D eigenvalue weighted by Crippen LogP contribution is 2.25. The van der Waals surface area contributed by atoms with E-state index in [4.69, 9.17) is 4.74 Å². The summed E-state index contributed by atoms with van der Waals surface area (Å²) < 4.78 is 6.67. The molecule has 0 bridgehead atoms. The molecule has 1 N–H and O–H groups in total. The minimum Gasteiger partial charge on any atom is -0.462 e. The lowest BCUT2D eigenvalue weighted by molar-refractivity contribution is 0.0527. The SMILES string of the molecule is CCOC(=O)c1cnn(-c2nc(C)cc(C)n2)c1-c1ccc[nH]1. The molecular formula is C16H17N5O2. The van der Waals surface area contributed by atoms with Crippen molar-refractivity contribution in [3.05, 3.63) is 47.5 Å². The summed E-state index contributed by atoms with van der Waals surface area (Å²) in [4.78, 5) is 24.1. The van der Waals surface area contributed by atoms with Crippen molar-refractivity contribution in [3.8, 4) is 17.3 Å². The number of ether oxygens (including phenoxy) is 1. The van der Waals surface area contributed by atoms with Gasteiger partial charge in [-0.25, -0.2) is 14.8 Å². The van der Waals surface area contributed by atoms with Gasteiger partial charge in [-0.1, -0.05) is 0 Å². The van der Waals surface area contributed by atoms with Crippen molar-refractivity contribution >= 4 is 5.97 Å². The molecule has 3 rings (SSSR count). The Morgan fingerprint density at radius 2 is 2.04 bits per heavy atom. The van der Waals surface area contributed by atoms with E-state index in [1.54, 1.807) is 17.8 Å². The second kappa shape index (κ2) is 6.04. The quantitative estimate of drug-likeness (QED) is 0.748. The van der Waals surface area contributed by atoms with E-state index in [1.165, 1.54) is 6.20 Å². The van der Waals surface area contributed by atoms with Crippen LogP contribution in [-0.2, 0) is 4.74 Å². The molecule has 7 nitrogen and oxygen atoms in total. The minimum atomic E-state index is -0.423. The van der Waals surface area contributed by atoms with Crippen LogP contribution in [0.15, 0.2) is 30.6 Å². The van der Waals surface area contributed by atoms with Crippen LogP contribution in [-0.4, -0.2) is 37.3 Å². The van der Waals surface area contributed by atoms with Crippen LogP contribution in [0.25, 0.3) is 17.3 Å². The molecule has 0 unspecified atom stereocenters. The molecule has 0 radical (unpaired) electrons. The summed E-state index contributed by atoms with van der Waals surface area (Å²) in [6, 6.07) is 5.59. The third-order valence-corrected chi connectivity index (χ3v) is 3.28. The van der Waals surface area contributed by atoms with Crippen LogP contribution >= 0.6 is 0 Å². The van der Waals surface area contributed by atoms with E-state index in [0.29, 0.717) is 23.8 Å². The second-order valence-electron chi connectivity index (χ2n) is 5.07. The molecule has 0 amide bonds. The zero-order chi connectivity index (χ0) is 16.4. The lowest BCUT2D eigenvalue weighted by Gasteiger charge is -2.08. The van der Waals surface area contributed by atoms with Crippen LogP contribution in [0.5, 0.6) is 0 Å². The Morgan fingerprint density at radius 3 is 2.65 bits per heavy atom. The van der Waals surface area contributed by atoms with Crippen molar-refractivity contribution in [2.45, 2.75) is 20.8 Å². The number of hydrogen-bond acceptors (Lipinski definition) is 5. The van der Waals surface area contributed by atoms with Crippen molar-refractivity contribution < 1.29 is 9.53 Å². The maximum absolute atomic E-state index is 12.2. The summed E-state index contributed by atoms with van der Waals surface area (Å²) in [7, 11) is 0. The lowest BCUT2D eigenvalue weighted by Crippen LogP contribution is -2.10. The maximum atomic E-state index is 12.2. The molecule has 0 aliphatic rings. The van der Waals surface area contributed by atoms with Gasteiger partial charge in [0, 0.05) is 17.6 Å². The number of aryl methyl sites for hydroxylation is 2. The van der Waals surface area contributed by atoms with E-state index in [9.17, 15) is 4.79 Å². The number of nitrogens with zero attached hydrogens (tertiary/aromatic N) is 4. The molecule has 0 saturated heterocycles. The van der Waals surface area contributed by atoms with E-state index in [-0.39, 0.29) is 0 Å². The zero-order valence-electron chi connectivity index (χ0n) is 13.2. The van der Waals surface area contributed by atoms with Gasteiger partial charge in [-0.05, 0) is 39.0 Å². The summed E-state index contributed by atoms with van der Waals surface area (Å²) in [5.41, 5.74) is 3.36. The fourth-order valence-corrected chi connectivity index (χ4v) is 2.40. The predicted octanol–water partition coefficient (Wildman–Crippen LogP) is 2.45. The molecule has 0 aliphatic carbocycles. The van der Waals surface area contributed by atoms with Crippen LogP contribution in [0.1, 0.15) is 28.7 Å². The minimum absolute atomic E-state index is 0.300. The van der Waals surface area contributed by atoms with Gasteiger partial charge in [0.1, 0.15) is 11.3 Å². The number of carbonyl (C=O) groups is 1. The van der Waals surface area contributed by atoms with Crippen molar-refractivity contribution in [3.63, 3.8) is 0 Å². The van der Waals surface area contributed by atoms with Gasteiger partial charge in [-0.2, -0.15) is 9.78 Å². The Bertz CT molecular complexity index is 816. The second-order valence-corrected chi connectivity index (χ2v) is 5.07. The number of carbonyl (C=O) groups excluding carboxylic acids is 1. The average molecular weight is 311 g/mol. The highest BCUT2D eigenvalue weighted by molar-refractivity contribution is 5.95. The lowest BCUT2D eigenvalue weighted by atomic mass is 10.2. The van der Waals surface area contributed by atoms with E-state index in [1.807, 2.05) is 32.0 Å². The van der Waals surface area contributed by atoms with Gasteiger partial charge in [-0.15, -0.1) is 0 Å². The van der Waals surface area contributed by atoms with Gasteiger partial charge >= 0.3 is 5.97 Å². The summed E-state index contributed by atoms with van der Waals surface area (Å²) in [6.07, 6.45) is 3.26. The van der Waals surface area contributed by atoms with Gasteiger partial charge in [0.05, 0.1) is 18.5 Å². The number of rotatable bonds is 4. The topological polar surface area (TPSA) is 85.7 Å². The first-order valence-corrected chi connectivity index (χ1v) is 7.31. The van der Waals surface area contributed by atoms with Crippen molar-refractivity contribution in [1.82, 2.24) is 24.7 Å². The normalized spacial score (nSPS) is 10.7. The van der Waals surface area contributed by atoms with Crippen molar-refractivity contribution in [1.29, 1.82) is 0 Å². The standard InChI is InChI=1S/C16H17N5O2/c1-4-23-15(22)12-9-18-21(14(12)13-6-5-7-17-13)16-19-10(2)8-11(3)20-16/h5-9,17H,4H2,1-3H3. The van der Waals surface area contributed by atoms with E-state index < -0.39 is 5.97 Å². The van der Waals surface area contributed by atoms with E-state index in [0.717, 1.165) is 17.1 Å². The number of H-pyrrole nitrogens is 1. The third kappa shape index (κ3) is 2.85. The Hall–Kier alpha value is -2.96. The van der Waals surface area contributed by atoms with Gasteiger partial charge in [0.15, 0.2) is 0 Å². The van der Waals surface area contributed by atoms with E-state index in [2.05, 4.69) is 20.1 Å². The molecule has 0 spiro atoms. The molecule has 0 saturated carbocycles. The Balaban J connectivity index is 2.19. The molecule has 3 heterocycles. The molecule has 23 heavy (non-hydrogen) atoms. The van der Waals surface area contributed by atoms with Crippen LogP contribution in [0.2, 0.25) is 0 Å². The maximum Gasteiger partial charge on any atom is 0.342 e. The van der Waals surface area contributed by atoms with E-state index >= 15 is 0 Å². The van der Waals surface area contributed by atoms with Crippen molar-refractivity contribution in [2.24, 2.45) is 0 Å². The first-order valence-electron chi connectivity index (χ1n) is 7.31. The highest BCUT2D eigenvalue weighted by atomic mass is 16.5. The molecule has 3 aromatic heterocycles. The number of nitrogens with one attached hydrogen (secondary N) is 1. The monoisotopic (exact) mass is 311 g/mol. The fraction of sp³-hybridized carbons (Fsp3) is 0.250. The smallest absolute Gasteiger partial charge is 0.342 e. The Kier molecular flexibility index (Phi) is 3.92. The number of hydrogen-bond donors (Lipinski definition) is 1. The first-order chi connectivity index (χ1) is 11.1. The summed E-state index contributed by atoms with van der Waals surface area (Å²) in [5.74, 6) is -0.00428. The summed E-state index contributed by atoms with van der Waals surface area (Å²) in [6.45, 7) is 5.85. The molecule has 0 atom stereocenters. The predicted molar refractivity (Wildman–Crippen MR) is 84.4 cm³/mol. The van der Waals surface area contributed by atoms with Gasteiger partial charge < -0.3 is 9.72 Å². The van der Waals surface area contributed by atoms with Gasteiger partial charge in [0.25, 0.3) is 5.95 Å². The fourth-order valence-electron chi connectivity index (χ4n) is 2.40. The Morgan fingerprint density at radius 1 is 1.30 bits per heavy atom. The molecule has 0 aliphatic heterocycles. The first kappa shape index (κ1) is 15.0. The molecule has 3 aromatic rings. The third-order valence-electron chi connectivity index (χ3n) is 3.28. The molecule has 0 aromatic carbocycles. The van der Waals surface area contributed by atoms with Crippen LogP contribution in [0.3, 0.4) is 0 Å². The zero-order valence-corrected chi connectivity index (χ0v) is 13.2. The molecule has 0 fully saturated rings.